The Balaban J connectivity index is 2.18. The molecule has 2 aromatic carbocycles. The number of carbonyl (C=O) groups excluding carboxylic acids is 1. The first-order chi connectivity index (χ1) is 9.77. The van der Waals surface area contributed by atoms with Gasteiger partial charge in [-0.25, -0.2) is 8.42 Å². The molecule has 0 aliphatic carbocycles. The molecule has 0 aliphatic rings. The Morgan fingerprint density at radius 2 is 1.71 bits per heavy atom. The molecule has 3 N–H and O–H groups in total. The fourth-order valence-corrected chi connectivity index (χ4v) is 2.44. The summed E-state index contributed by atoms with van der Waals surface area (Å²) in [6, 6.07) is 11.0. The van der Waals surface area contributed by atoms with Crippen molar-refractivity contribution in [2.45, 2.75) is 11.8 Å². The molecule has 0 atom stereocenters. The van der Waals surface area contributed by atoms with E-state index in [0.29, 0.717) is 16.9 Å². The average Bonchev–Trinajstić information content (AvgIpc) is 2.41. The second-order valence-corrected chi connectivity index (χ2v) is 6.84. The van der Waals surface area contributed by atoms with Gasteiger partial charge in [0.25, 0.3) is 5.91 Å². The lowest BCUT2D eigenvalue weighted by molar-refractivity contribution is 0.102. The molecular weight excluding hydrogens is 288 g/mol. The topological polar surface area (TPSA) is 89.3 Å². The lowest BCUT2D eigenvalue weighted by Gasteiger charge is -2.07. The molecule has 5 nitrogen and oxygen atoms in total. The summed E-state index contributed by atoms with van der Waals surface area (Å²) in [7, 11) is -3.24. The van der Waals surface area contributed by atoms with Gasteiger partial charge in [-0.2, -0.15) is 0 Å². The van der Waals surface area contributed by atoms with Crippen molar-refractivity contribution in [2.24, 2.45) is 0 Å². The van der Waals surface area contributed by atoms with Crippen LogP contribution < -0.4 is 11.1 Å². The van der Waals surface area contributed by atoms with Crippen LogP contribution in [0, 0.1) is 6.92 Å². The van der Waals surface area contributed by atoms with E-state index in [4.69, 9.17) is 5.73 Å². The number of hydrogen-bond acceptors (Lipinski definition) is 4. The van der Waals surface area contributed by atoms with Crippen LogP contribution in [-0.2, 0) is 9.84 Å². The van der Waals surface area contributed by atoms with Gasteiger partial charge in [0.2, 0.25) is 0 Å². The Hall–Kier alpha value is -2.34. The molecular formula is C15H16N2O3S. The first kappa shape index (κ1) is 15.1. The van der Waals surface area contributed by atoms with E-state index in [1.165, 1.54) is 12.1 Å². The zero-order valence-electron chi connectivity index (χ0n) is 11.8. The number of amides is 1. The number of nitrogen functional groups attached to an aromatic ring is 1. The van der Waals surface area contributed by atoms with Crippen molar-refractivity contribution in [3.8, 4) is 0 Å². The van der Waals surface area contributed by atoms with E-state index in [1.54, 1.807) is 30.3 Å². The van der Waals surface area contributed by atoms with Gasteiger partial charge in [0, 0.05) is 23.2 Å². The Labute approximate surface area is 123 Å². The Bertz CT molecular complexity index is 781. The minimum Gasteiger partial charge on any atom is -0.399 e. The van der Waals surface area contributed by atoms with Crippen LogP contribution in [0.5, 0.6) is 0 Å². The number of aryl methyl sites for hydroxylation is 1. The maximum Gasteiger partial charge on any atom is 0.255 e. The molecule has 110 valence electrons. The lowest BCUT2D eigenvalue weighted by Crippen LogP contribution is -2.12. The zero-order chi connectivity index (χ0) is 15.6. The summed E-state index contributed by atoms with van der Waals surface area (Å²) >= 11 is 0. The van der Waals surface area contributed by atoms with E-state index in [0.717, 1.165) is 11.8 Å². The molecule has 0 aromatic heterocycles. The van der Waals surface area contributed by atoms with Crippen LogP contribution in [-0.4, -0.2) is 20.6 Å². The van der Waals surface area contributed by atoms with E-state index in [-0.39, 0.29) is 10.8 Å². The quantitative estimate of drug-likeness (QED) is 0.851. The SMILES string of the molecule is Cc1cc(C(=O)Nc2ccc(S(C)(=O)=O)cc2)ccc1N. The third-order valence-electron chi connectivity index (χ3n) is 3.07. The summed E-state index contributed by atoms with van der Waals surface area (Å²) in [6.07, 6.45) is 1.14. The van der Waals surface area contributed by atoms with Crippen molar-refractivity contribution in [1.29, 1.82) is 0 Å². The molecule has 1 amide bonds. The molecule has 2 aromatic rings. The molecule has 6 heteroatoms. The van der Waals surface area contributed by atoms with Gasteiger partial charge in [-0.05, 0) is 55.0 Å². The maximum absolute atomic E-state index is 12.1. The second-order valence-electron chi connectivity index (χ2n) is 4.82. The first-order valence-corrected chi connectivity index (χ1v) is 8.14. The number of sulfone groups is 1. The van der Waals surface area contributed by atoms with Gasteiger partial charge in [-0.15, -0.1) is 0 Å². The van der Waals surface area contributed by atoms with Crippen LogP contribution in [0.1, 0.15) is 15.9 Å². The number of benzene rings is 2. The fraction of sp³-hybridized carbons (Fsp3) is 0.133. The summed E-state index contributed by atoms with van der Waals surface area (Å²) < 4.78 is 22.7. The summed E-state index contributed by atoms with van der Waals surface area (Å²) in [6.45, 7) is 1.83. The predicted molar refractivity (Wildman–Crippen MR) is 83.1 cm³/mol. The van der Waals surface area contributed by atoms with Gasteiger partial charge in [-0.1, -0.05) is 0 Å². The smallest absolute Gasteiger partial charge is 0.255 e. The Kier molecular flexibility index (Phi) is 3.99. The van der Waals surface area contributed by atoms with Crippen LogP contribution in [0.4, 0.5) is 11.4 Å². The minimum absolute atomic E-state index is 0.212. The van der Waals surface area contributed by atoms with E-state index in [9.17, 15) is 13.2 Å². The minimum atomic E-state index is -3.24. The van der Waals surface area contributed by atoms with Crippen LogP contribution >= 0.6 is 0 Å². The first-order valence-electron chi connectivity index (χ1n) is 6.25. The molecule has 21 heavy (non-hydrogen) atoms. The van der Waals surface area contributed by atoms with E-state index in [2.05, 4.69) is 5.32 Å². The predicted octanol–water partition coefficient (Wildman–Crippen LogP) is 2.23. The zero-order valence-corrected chi connectivity index (χ0v) is 12.6. The molecule has 0 fully saturated rings. The second kappa shape index (κ2) is 5.57. The van der Waals surface area contributed by atoms with Crippen molar-refractivity contribution >= 4 is 27.1 Å². The summed E-state index contributed by atoms with van der Waals surface area (Å²) in [5.41, 5.74) is 8.19. The van der Waals surface area contributed by atoms with E-state index in [1.807, 2.05) is 6.92 Å². The summed E-state index contributed by atoms with van der Waals surface area (Å²) in [4.78, 5) is 12.3. The molecule has 0 radical (unpaired) electrons. The third-order valence-corrected chi connectivity index (χ3v) is 4.20. The van der Waals surface area contributed by atoms with Gasteiger partial charge in [-0.3, -0.25) is 4.79 Å². The highest BCUT2D eigenvalue weighted by Crippen LogP contribution is 2.17. The Morgan fingerprint density at radius 1 is 1.10 bits per heavy atom. The van der Waals surface area contributed by atoms with Crippen molar-refractivity contribution in [2.75, 3.05) is 17.3 Å². The van der Waals surface area contributed by atoms with Crippen molar-refractivity contribution in [3.05, 3.63) is 53.6 Å². The number of carbonyl (C=O) groups is 1. The third kappa shape index (κ3) is 3.61. The normalized spacial score (nSPS) is 11.1. The molecule has 0 unspecified atom stereocenters. The number of nitrogens with two attached hydrogens (primary N) is 1. The molecule has 0 aliphatic heterocycles. The molecule has 0 saturated carbocycles. The van der Waals surface area contributed by atoms with Gasteiger partial charge >= 0.3 is 0 Å². The van der Waals surface area contributed by atoms with Crippen molar-refractivity contribution in [1.82, 2.24) is 0 Å². The number of anilines is 2. The standard InChI is InChI=1S/C15H16N2O3S/c1-10-9-11(3-8-14(10)16)15(18)17-12-4-6-13(7-5-12)21(2,19)20/h3-9H,16H2,1-2H3,(H,17,18). The number of nitrogens with one attached hydrogen (secondary N) is 1. The average molecular weight is 304 g/mol. The maximum atomic E-state index is 12.1. The molecule has 0 spiro atoms. The molecule has 0 saturated heterocycles. The van der Waals surface area contributed by atoms with Gasteiger partial charge in [0.1, 0.15) is 0 Å². The molecule has 2 rings (SSSR count). The highest BCUT2D eigenvalue weighted by atomic mass is 32.2. The van der Waals surface area contributed by atoms with Gasteiger partial charge < -0.3 is 11.1 Å². The highest BCUT2D eigenvalue weighted by molar-refractivity contribution is 7.90. The van der Waals surface area contributed by atoms with Crippen LogP contribution in [0.25, 0.3) is 0 Å². The van der Waals surface area contributed by atoms with Gasteiger partial charge in [0.15, 0.2) is 9.84 Å². The van der Waals surface area contributed by atoms with E-state index < -0.39 is 9.84 Å². The van der Waals surface area contributed by atoms with Crippen molar-refractivity contribution < 1.29 is 13.2 Å². The highest BCUT2D eigenvalue weighted by Gasteiger charge is 2.09. The molecule has 0 heterocycles. The van der Waals surface area contributed by atoms with Crippen LogP contribution in [0.3, 0.4) is 0 Å². The lowest BCUT2D eigenvalue weighted by atomic mass is 10.1. The van der Waals surface area contributed by atoms with E-state index >= 15 is 0 Å². The summed E-state index contributed by atoms with van der Waals surface area (Å²) in [5, 5.41) is 2.71. The van der Waals surface area contributed by atoms with Crippen molar-refractivity contribution in [3.63, 3.8) is 0 Å². The van der Waals surface area contributed by atoms with Crippen LogP contribution in [0.15, 0.2) is 47.4 Å². The van der Waals surface area contributed by atoms with Crippen LogP contribution in [0.2, 0.25) is 0 Å². The monoisotopic (exact) mass is 304 g/mol. The molecule has 0 bridgehead atoms. The number of rotatable bonds is 3. The fourth-order valence-electron chi connectivity index (χ4n) is 1.81. The largest absolute Gasteiger partial charge is 0.399 e. The summed E-state index contributed by atoms with van der Waals surface area (Å²) in [5.74, 6) is -0.273. The van der Waals surface area contributed by atoms with Gasteiger partial charge in [0.05, 0.1) is 4.90 Å². The number of hydrogen-bond donors (Lipinski definition) is 2. The Morgan fingerprint density at radius 3 is 2.24 bits per heavy atom.